The normalized spacial score (nSPS) is 12.7. The van der Waals surface area contributed by atoms with E-state index in [0.29, 0.717) is 0 Å². The molecular formula is C31H32OSi2. The lowest BCUT2D eigenvalue weighted by molar-refractivity contribution is 0.104. The Hall–Kier alpha value is -3.28. The predicted molar refractivity (Wildman–Crippen MR) is 151 cm³/mol. The molecule has 4 aromatic rings. The van der Waals surface area contributed by atoms with Crippen LogP contribution in [0.3, 0.4) is 0 Å². The third-order valence-corrected chi connectivity index (χ3v) is 14.1. The van der Waals surface area contributed by atoms with Crippen LogP contribution in [-0.4, -0.2) is 21.9 Å². The molecule has 0 spiro atoms. The maximum Gasteiger partial charge on any atom is 0.185 e. The number of carbonyl (C=O) groups excluding carboxylic acids is 1. The first-order valence-corrected chi connectivity index (χ1v) is 17.8. The molecule has 0 fully saturated rings. The van der Waals surface area contributed by atoms with Crippen molar-refractivity contribution < 1.29 is 4.79 Å². The lowest BCUT2D eigenvalue weighted by Crippen LogP contribution is -2.51. The zero-order valence-corrected chi connectivity index (χ0v) is 22.5. The number of Topliss-reactive ketones (excluding diaryl/α,β-unsaturated/α-hetero) is 1. The van der Waals surface area contributed by atoms with Gasteiger partial charge in [-0.15, -0.1) is 0 Å². The molecule has 0 aliphatic carbocycles. The van der Waals surface area contributed by atoms with Crippen LogP contribution in [0.1, 0.15) is 15.9 Å². The largest absolute Gasteiger partial charge is 0.289 e. The Morgan fingerprint density at radius 3 is 1.26 bits per heavy atom. The third kappa shape index (κ3) is 4.67. The maximum atomic E-state index is 14.5. The van der Waals surface area contributed by atoms with Crippen LogP contribution >= 0.6 is 0 Å². The van der Waals surface area contributed by atoms with Crippen molar-refractivity contribution in [2.24, 2.45) is 0 Å². The second-order valence-electron chi connectivity index (χ2n) is 9.79. The van der Waals surface area contributed by atoms with Crippen LogP contribution in [0.25, 0.3) is 5.20 Å². The Morgan fingerprint density at radius 2 is 0.824 bits per heavy atom. The Morgan fingerprint density at radius 1 is 0.471 bits per heavy atom. The average molecular weight is 477 g/mol. The summed E-state index contributed by atoms with van der Waals surface area (Å²) < 4.78 is 0. The fourth-order valence-electron chi connectivity index (χ4n) is 4.86. The van der Waals surface area contributed by atoms with Gasteiger partial charge in [-0.25, -0.2) is 0 Å². The zero-order chi connectivity index (χ0) is 24.2. The van der Waals surface area contributed by atoms with Crippen LogP contribution in [0.2, 0.25) is 26.2 Å². The molecule has 4 aromatic carbocycles. The number of hydrogen-bond acceptors (Lipinski definition) is 1. The molecule has 0 saturated heterocycles. The Labute approximate surface area is 205 Å². The van der Waals surface area contributed by atoms with E-state index in [4.69, 9.17) is 0 Å². The van der Waals surface area contributed by atoms with Gasteiger partial charge < -0.3 is 0 Å². The average Bonchev–Trinajstić information content (AvgIpc) is 2.88. The molecule has 34 heavy (non-hydrogen) atoms. The smallest absolute Gasteiger partial charge is 0.185 e. The molecule has 4 rings (SSSR count). The van der Waals surface area contributed by atoms with Gasteiger partial charge >= 0.3 is 0 Å². The second kappa shape index (κ2) is 9.92. The summed E-state index contributed by atoms with van der Waals surface area (Å²) >= 11 is 0. The number of hydrogen-bond donors (Lipinski definition) is 0. The Balaban J connectivity index is 2.11. The highest BCUT2D eigenvalue weighted by Crippen LogP contribution is 2.35. The number of benzene rings is 4. The molecule has 0 aliphatic rings. The van der Waals surface area contributed by atoms with Crippen molar-refractivity contribution in [2.75, 3.05) is 0 Å². The molecular weight excluding hydrogens is 445 g/mol. The quantitative estimate of drug-likeness (QED) is 0.166. The van der Waals surface area contributed by atoms with E-state index in [-0.39, 0.29) is 5.78 Å². The van der Waals surface area contributed by atoms with Crippen LogP contribution in [-0.2, 0) is 0 Å². The van der Waals surface area contributed by atoms with Gasteiger partial charge in [-0.05, 0) is 16.0 Å². The molecule has 0 heterocycles. The van der Waals surface area contributed by atoms with E-state index in [0.717, 1.165) is 10.8 Å². The minimum atomic E-state index is -2.38. The molecule has 0 aromatic heterocycles. The lowest BCUT2D eigenvalue weighted by Gasteiger charge is -2.36. The van der Waals surface area contributed by atoms with Crippen molar-refractivity contribution >= 4 is 37.5 Å². The van der Waals surface area contributed by atoms with E-state index in [1.54, 1.807) is 0 Å². The molecule has 0 amide bonds. The molecule has 0 atom stereocenters. The van der Waals surface area contributed by atoms with Crippen LogP contribution < -0.4 is 10.4 Å². The molecule has 0 N–H and O–H groups in total. The van der Waals surface area contributed by atoms with E-state index < -0.39 is 16.1 Å². The SMILES string of the molecule is C[Si](C)(/C(C(=O)c1ccccc1)=C(\c1ccccc1)[Si](C)(C)c1ccccc1)c1ccccc1. The zero-order valence-electron chi connectivity index (χ0n) is 20.5. The first-order chi connectivity index (χ1) is 16.3. The van der Waals surface area contributed by atoms with Crippen LogP contribution in [0.4, 0.5) is 0 Å². The van der Waals surface area contributed by atoms with Gasteiger partial charge in [0, 0.05) is 5.56 Å². The van der Waals surface area contributed by atoms with E-state index >= 15 is 0 Å². The van der Waals surface area contributed by atoms with Crippen molar-refractivity contribution in [2.45, 2.75) is 26.2 Å². The number of allylic oxidation sites excluding steroid dienone is 1. The van der Waals surface area contributed by atoms with Crippen molar-refractivity contribution in [1.82, 2.24) is 0 Å². The highest BCUT2D eigenvalue weighted by molar-refractivity contribution is 7.10. The minimum Gasteiger partial charge on any atom is -0.289 e. The molecule has 1 nitrogen and oxygen atoms in total. The molecule has 0 aliphatic heterocycles. The first kappa shape index (κ1) is 23.9. The lowest BCUT2D eigenvalue weighted by atomic mass is 10.1. The summed E-state index contributed by atoms with van der Waals surface area (Å²) in [6, 6.07) is 41.8. The number of carbonyl (C=O) groups is 1. The summed E-state index contributed by atoms with van der Waals surface area (Å²) in [6.45, 7) is 9.44. The van der Waals surface area contributed by atoms with Gasteiger partial charge in [-0.3, -0.25) is 4.79 Å². The second-order valence-corrected chi connectivity index (χ2v) is 18.4. The first-order valence-electron chi connectivity index (χ1n) is 11.8. The Bertz CT molecular complexity index is 1280. The maximum absolute atomic E-state index is 14.5. The highest BCUT2D eigenvalue weighted by atomic mass is 28.3. The summed E-state index contributed by atoms with van der Waals surface area (Å²) in [6.07, 6.45) is 0. The third-order valence-electron chi connectivity index (χ3n) is 6.82. The standard InChI is InChI=1S/C31H32OSi2/c1-33(2,27-21-13-7-14-22-27)30(26-19-11-6-12-20-26)31(29(32)25-17-9-5-10-18-25)34(3,4)28-23-15-8-16-24-28/h5-24H,1-4H3/b31-30+. The molecule has 0 saturated carbocycles. The van der Waals surface area contributed by atoms with Gasteiger partial charge in [-0.1, -0.05) is 158 Å². The van der Waals surface area contributed by atoms with Gasteiger partial charge in [0.25, 0.3) is 0 Å². The number of rotatable bonds is 7. The van der Waals surface area contributed by atoms with Crippen LogP contribution in [0.15, 0.2) is 127 Å². The monoisotopic (exact) mass is 476 g/mol. The van der Waals surface area contributed by atoms with Gasteiger partial charge in [0.2, 0.25) is 0 Å². The topological polar surface area (TPSA) is 17.1 Å². The van der Waals surface area contributed by atoms with Crippen molar-refractivity contribution in [1.29, 1.82) is 0 Å². The summed E-state index contributed by atoms with van der Waals surface area (Å²) in [5.41, 5.74) is 1.93. The van der Waals surface area contributed by atoms with Gasteiger partial charge in [0.1, 0.15) is 16.1 Å². The van der Waals surface area contributed by atoms with Crippen molar-refractivity contribution in [3.8, 4) is 0 Å². The van der Waals surface area contributed by atoms with E-state index in [2.05, 4.69) is 117 Å². The van der Waals surface area contributed by atoms with Gasteiger partial charge in [0.15, 0.2) is 5.78 Å². The van der Waals surface area contributed by atoms with E-state index in [1.807, 2.05) is 30.3 Å². The number of ketones is 1. The highest BCUT2D eigenvalue weighted by Gasteiger charge is 2.41. The summed E-state index contributed by atoms with van der Waals surface area (Å²) in [5, 5.41) is 4.90. The van der Waals surface area contributed by atoms with Crippen LogP contribution in [0, 0.1) is 0 Å². The Kier molecular flexibility index (Phi) is 6.96. The predicted octanol–water partition coefficient (Wildman–Crippen LogP) is 6.63. The van der Waals surface area contributed by atoms with E-state index in [9.17, 15) is 4.79 Å². The summed E-state index contributed by atoms with van der Waals surface area (Å²) in [7, 11) is -4.64. The van der Waals surface area contributed by atoms with Gasteiger partial charge in [-0.2, -0.15) is 0 Å². The molecule has 0 radical (unpaired) electrons. The molecule has 3 heteroatoms. The van der Waals surface area contributed by atoms with Gasteiger partial charge in [0.05, 0.1) is 0 Å². The van der Waals surface area contributed by atoms with Crippen molar-refractivity contribution in [3.05, 3.63) is 138 Å². The molecule has 0 bridgehead atoms. The fourth-order valence-corrected chi connectivity index (χ4v) is 12.5. The van der Waals surface area contributed by atoms with Crippen LogP contribution in [0.5, 0.6) is 0 Å². The van der Waals surface area contributed by atoms with Crippen molar-refractivity contribution in [3.63, 3.8) is 0 Å². The molecule has 170 valence electrons. The summed E-state index contributed by atoms with van der Waals surface area (Å²) in [4.78, 5) is 14.5. The minimum absolute atomic E-state index is 0.163. The fraction of sp³-hybridized carbons (Fsp3) is 0.129. The molecule has 0 unspecified atom stereocenters. The van der Waals surface area contributed by atoms with E-state index in [1.165, 1.54) is 21.1 Å². The summed E-state index contributed by atoms with van der Waals surface area (Å²) in [5.74, 6) is 0.163.